The van der Waals surface area contributed by atoms with Crippen LogP contribution < -0.4 is 18.9 Å². The number of benzene rings is 6. The van der Waals surface area contributed by atoms with Crippen LogP contribution in [0.2, 0.25) is 0 Å². The van der Waals surface area contributed by atoms with Gasteiger partial charge in [-0.25, -0.2) is 0 Å². The summed E-state index contributed by atoms with van der Waals surface area (Å²) >= 11 is 0. The van der Waals surface area contributed by atoms with Crippen LogP contribution in [0.3, 0.4) is 0 Å². The zero-order valence-corrected chi connectivity index (χ0v) is 40.1. The van der Waals surface area contributed by atoms with Gasteiger partial charge in [-0.15, -0.1) is 0 Å². The molecular formula is C59H60O10. The molecule has 0 aromatic heterocycles. The molecule has 0 saturated heterocycles. The Bertz CT molecular complexity index is 2570. The first-order valence-electron chi connectivity index (χ1n) is 23.4. The molecule has 2 heterocycles. The van der Waals surface area contributed by atoms with Crippen LogP contribution in [0.4, 0.5) is 0 Å². The highest BCUT2D eigenvalue weighted by Crippen LogP contribution is 2.37. The summed E-state index contributed by atoms with van der Waals surface area (Å²) in [5.74, 6) is 3.36. The first-order chi connectivity index (χ1) is 33.0. The van der Waals surface area contributed by atoms with E-state index in [0.29, 0.717) is 47.4 Å². The van der Waals surface area contributed by atoms with Gasteiger partial charge < -0.3 is 38.6 Å². The zero-order valence-electron chi connectivity index (χ0n) is 40.1. The lowest BCUT2D eigenvalue weighted by Gasteiger charge is -2.27. The summed E-state index contributed by atoms with van der Waals surface area (Å²) in [5, 5.41) is 21.4. The third-order valence-corrected chi connectivity index (χ3v) is 13.2. The fourth-order valence-electron chi connectivity index (χ4n) is 8.46. The highest BCUT2D eigenvalue weighted by atomic mass is 16.5. The highest BCUT2D eigenvalue weighted by Gasteiger charge is 2.27. The van der Waals surface area contributed by atoms with E-state index in [1.165, 1.54) is 0 Å². The van der Waals surface area contributed by atoms with Gasteiger partial charge in [0, 0.05) is 27.4 Å². The Morgan fingerprint density at radius 3 is 0.812 bits per heavy atom. The zero-order chi connectivity index (χ0) is 48.8. The largest absolute Gasteiger partial charge is 0.491 e. The molecule has 2 N–H and O–H groups in total. The minimum absolute atomic E-state index is 0.0764. The van der Waals surface area contributed by atoms with Crippen molar-refractivity contribution in [2.24, 2.45) is 0 Å². The van der Waals surface area contributed by atoms with Gasteiger partial charge in [0.1, 0.15) is 73.2 Å². The van der Waals surface area contributed by atoms with Gasteiger partial charge in [-0.2, -0.15) is 0 Å². The number of aliphatic hydroxyl groups is 2. The topological polar surface area (TPSA) is 130 Å². The van der Waals surface area contributed by atoms with Crippen molar-refractivity contribution in [2.75, 3.05) is 26.4 Å². The molecule has 10 nitrogen and oxygen atoms in total. The summed E-state index contributed by atoms with van der Waals surface area (Å²) < 4.78 is 34.3. The smallest absolute Gasteiger partial charge is 0.315 e. The molecular weight excluding hydrogens is 869 g/mol. The molecule has 2 unspecified atom stereocenters. The number of cyclic esters (lactones) is 2. The second-order valence-electron chi connectivity index (χ2n) is 19.2. The number of carbonyl (C=O) groups excluding carboxylic acids is 2. The van der Waals surface area contributed by atoms with Crippen LogP contribution in [0.25, 0.3) is 11.5 Å². The van der Waals surface area contributed by atoms with Crippen molar-refractivity contribution in [2.45, 2.75) is 82.8 Å². The second kappa shape index (κ2) is 20.6. The summed E-state index contributed by atoms with van der Waals surface area (Å²) in [6, 6.07) is 47.7. The number of rotatable bonds is 20. The Hall–Kier alpha value is -7.14. The number of hydrogen-bond acceptors (Lipinski definition) is 10. The van der Waals surface area contributed by atoms with Crippen LogP contribution in [-0.2, 0) is 35.3 Å². The van der Waals surface area contributed by atoms with Crippen LogP contribution in [0.5, 0.6) is 23.0 Å². The minimum atomic E-state index is -0.835. The summed E-state index contributed by atoms with van der Waals surface area (Å²) in [6.07, 6.45) is 2.56. The van der Waals surface area contributed by atoms with E-state index >= 15 is 0 Å². The molecule has 356 valence electrons. The maximum atomic E-state index is 11.5. The van der Waals surface area contributed by atoms with Crippen molar-refractivity contribution in [1.29, 1.82) is 0 Å². The van der Waals surface area contributed by atoms with Gasteiger partial charge in [-0.3, -0.25) is 9.59 Å². The van der Waals surface area contributed by atoms with Gasteiger partial charge >= 0.3 is 11.9 Å². The van der Waals surface area contributed by atoms with Gasteiger partial charge in [0.05, 0.1) is 12.8 Å². The molecule has 6 aromatic carbocycles. The number of aliphatic hydroxyl groups excluding tert-OH is 2. The van der Waals surface area contributed by atoms with E-state index in [4.69, 9.17) is 28.4 Å². The number of ether oxygens (including phenoxy) is 6. The van der Waals surface area contributed by atoms with Gasteiger partial charge in [-0.05, 0) is 94.1 Å². The fourth-order valence-corrected chi connectivity index (χ4v) is 8.46. The Morgan fingerprint density at radius 1 is 0.391 bits per heavy atom. The van der Waals surface area contributed by atoms with Crippen LogP contribution in [0, 0.1) is 0 Å². The third kappa shape index (κ3) is 11.6. The molecule has 0 aliphatic carbocycles. The van der Waals surface area contributed by atoms with Crippen LogP contribution in [0.1, 0.15) is 98.9 Å². The normalized spacial score (nSPS) is 14.8. The van der Waals surface area contributed by atoms with Crippen molar-refractivity contribution >= 4 is 23.5 Å². The lowest BCUT2D eigenvalue weighted by molar-refractivity contribution is -0.135. The summed E-state index contributed by atoms with van der Waals surface area (Å²) in [7, 11) is 0. The van der Waals surface area contributed by atoms with Gasteiger partial charge in [0.25, 0.3) is 0 Å². The second-order valence-corrected chi connectivity index (χ2v) is 19.2. The Balaban J connectivity index is 0.745. The quantitative estimate of drug-likeness (QED) is 0.0714. The van der Waals surface area contributed by atoms with Crippen molar-refractivity contribution in [3.63, 3.8) is 0 Å². The van der Waals surface area contributed by atoms with E-state index in [9.17, 15) is 19.8 Å². The van der Waals surface area contributed by atoms with E-state index in [1.807, 2.05) is 133 Å². The Labute approximate surface area is 404 Å². The number of hydrogen-bond donors (Lipinski definition) is 2. The van der Waals surface area contributed by atoms with E-state index in [-0.39, 0.29) is 54.6 Å². The van der Waals surface area contributed by atoms with Crippen molar-refractivity contribution in [3.8, 4) is 23.0 Å². The van der Waals surface area contributed by atoms with Gasteiger partial charge in [0.15, 0.2) is 0 Å². The van der Waals surface area contributed by atoms with Crippen LogP contribution in [-0.4, -0.2) is 60.8 Å². The monoisotopic (exact) mass is 928 g/mol. The number of carbonyl (C=O) groups is 2. The fraction of sp³-hybridized carbons (Fsp3) is 0.288. The summed E-state index contributed by atoms with van der Waals surface area (Å²) in [4.78, 5) is 23.0. The first kappa shape index (κ1) is 48.3. The van der Waals surface area contributed by atoms with Crippen molar-refractivity contribution in [3.05, 3.63) is 202 Å². The molecule has 0 saturated carbocycles. The summed E-state index contributed by atoms with van der Waals surface area (Å²) in [6.45, 7) is 13.3. The van der Waals surface area contributed by atoms with Crippen molar-refractivity contribution < 1.29 is 48.2 Å². The molecule has 0 fully saturated rings. The molecule has 2 atom stereocenters. The molecule has 0 amide bonds. The van der Waals surface area contributed by atoms with Crippen LogP contribution >= 0.6 is 0 Å². The molecule has 0 spiro atoms. The SMILES string of the molecule is CC(C)(c1ccc(OCC(O)COc2ccc(C(C)(C)c3ccc(C4=CCC(=O)O4)cc3)cc2)cc1)c1ccc(OCC(O)COc2ccc(C(C)(C)c3ccc(C4=CCC(=O)O4)cc3)cc2)cc1. The predicted octanol–water partition coefficient (Wildman–Crippen LogP) is 10.9. The molecule has 6 aromatic rings. The first-order valence-corrected chi connectivity index (χ1v) is 23.4. The third-order valence-electron chi connectivity index (χ3n) is 13.2. The predicted molar refractivity (Wildman–Crippen MR) is 266 cm³/mol. The molecule has 2 aliphatic rings. The van der Waals surface area contributed by atoms with Crippen molar-refractivity contribution in [1.82, 2.24) is 0 Å². The average molecular weight is 929 g/mol. The van der Waals surface area contributed by atoms with E-state index < -0.39 is 12.2 Å². The van der Waals surface area contributed by atoms with Gasteiger partial charge in [0.2, 0.25) is 0 Å². The van der Waals surface area contributed by atoms with Crippen LogP contribution in [0.15, 0.2) is 158 Å². The minimum Gasteiger partial charge on any atom is -0.491 e. The van der Waals surface area contributed by atoms with E-state index in [2.05, 4.69) is 65.8 Å². The lowest BCUT2D eigenvalue weighted by Crippen LogP contribution is -2.25. The number of esters is 2. The van der Waals surface area contributed by atoms with E-state index in [1.54, 1.807) is 0 Å². The van der Waals surface area contributed by atoms with Gasteiger partial charge in [-0.1, -0.05) is 139 Å². The molecule has 0 radical (unpaired) electrons. The maximum absolute atomic E-state index is 11.5. The molecule has 8 rings (SSSR count). The van der Waals surface area contributed by atoms with E-state index in [0.717, 1.165) is 44.5 Å². The molecule has 10 heteroatoms. The average Bonchev–Trinajstić information content (AvgIpc) is 4.02. The Kier molecular flexibility index (Phi) is 14.4. The maximum Gasteiger partial charge on any atom is 0.315 e. The standard InChI is InChI=1S/C59H60O10/c1-57(2,41-11-7-39(8-12-41)53-31-33-55(62)68-53)43-15-23-49(24-16-43)64-35-47(60)37-66-51-27-19-45(20-28-51)59(5,6)46-21-29-52(30-22-46)67-38-48(61)36-65-50-25-17-44(18-26-50)58(3,4)42-13-9-40(10-14-42)54-32-34-56(63)69-54/h7-32,47-48,60-61H,33-38H2,1-6H3. The lowest BCUT2D eigenvalue weighted by atomic mass is 9.78. The molecule has 69 heavy (non-hydrogen) atoms. The molecule has 0 bridgehead atoms. The summed E-state index contributed by atoms with van der Waals surface area (Å²) in [5.41, 5.74) is 7.55. The highest BCUT2D eigenvalue weighted by molar-refractivity contribution is 5.86. The Morgan fingerprint density at radius 2 is 0.609 bits per heavy atom. The molecule has 2 aliphatic heterocycles.